The molecule has 4 heterocycles. The van der Waals surface area contributed by atoms with E-state index in [4.69, 9.17) is 0 Å². The smallest absolute Gasteiger partial charge is 0.173 e. The summed E-state index contributed by atoms with van der Waals surface area (Å²) in [5.74, 6) is -0.362. The van der Waals surface area contributed by atoms with Gasteiger partial charge in [0.05, 0.1) is 17.6 Å². The van der Waals surface area contributed by atoms with Gasteiger partial charge in [-0.2, -0.15) is 5.10 Å². The molecule has 0 aliphatic rings. The second-order valence-corrected chi connectivity index (χ2v) is 5.10. The molecule has 0 aliphatic carbocycles. The zero-order valence-corrected chi connectivity index (χ0v) is 11.6. The van der Waals surface area contributed by atoms with Crippen molar-refractivity contribution in [2.75, 3.05) is 0 Å². The molecule has 0 saturated carbocycles. The minimum atomic E-state index is -0.362. The fraction of sp³-hybridized carbons (Fsp3) is 0.133. The Labute approximate surface area is 119 Å². The molecule has 0 atom stereocenters. The molecule has 4 aromatic rings. The van der Waals surface area contributed by atoms with Gasteiger partial charge in [0.15, 0.2) is 17.1 Å². The number of aromatic nitrogens is 5. The molecule has 0 saturated heterocycles. The minimum absolute atomic E-state index is 0.315. The molecule has 4 rings (SSSR count). The lowest BCUT2D eigenvalue weighted by atomic mass is 10.1. The molecule has 104 valence electrons. The van der Waals surface area contributed by atoms with E-state index in [0.717, 1.165) is 16.9 Å². The summed E-state index contributed by atoms with van der Waals surface area (Å²) in [5.41, 5.74) is 4.44. The molecule has 21 heavy (non-hydrogen) atoms. The lowest BCUT2D eigenvalue weighted by Crippen LogP contribution is -1.98. The van der Waals surface area contributed by atoms with E-state index in [2.05, 4.69) is 15.1 Å². The Morgan fingerprint density at radius 3 is 2.81 bits per heavy atom. The molecule has 0 N–H and O–H groups in total. The fourth-order valence-corrected chi connectivity index (χ4v) is 2.52. The molecule has 0 aliphatic heterocycles. The van der Waals surface area contributed by atoms with E-state index in [-0.39, 0.29) is 5.82 Å². The van der Waals surface area contributed by atoms with Gasteiger partial charge < -0.3 is 4.40 Å². The van der Waals surface area contributed by atoms with Crippen molar-refractivity contribution in [3.8, 4) is 11.3 Å². The second-order valence-electron chi connectivity index (χ2n) is 5.10. The van der Waals surface area contributed by atoms with Crippen LogP contribution in [0.15, 0.2) is 36.9 Å². The van der Waals surface area contributed by atoms with E-state index >= 15 is 0 Å². The van der Waals surface area contributed by atoms with Crippen LogP contribution in [0.3, 0.4) is 0 Å². The van der Waals surface area contributed by atoms with Gasteiger partial charge in [-0.1, -0.05) is 0 Å². The number of imidazole rings is 2. The zero-order valence-electron chi connectivity index (χ0n) is 11.6. The van der Waals surface area contributed by atoms with Crippen LogP contribution in [0.1, 0.15) is 11.3 Å². The molecule has 6 heteroatoms. The number of fused-ring (bicyclic) bond motifs is 2. The number of aryl methyl sites for hydroxylation is 2. The lowest BCUT2D eigenvalue weighted by molar-refractivity contribution is 0.630. The van der Waals surface area contributed by atoms with Crippen molar-refractivity contribution in [2.45, 2.75) is 13.8 Å². The van der Waals surface area contributed by atoms with Gasteiger partial charge in [0.25, 0.3) is 0 Å². The van der Waals surface area contributed by atoms with Crippen LogP contribution in [0, 0.1) is 19.7 Å². The molecule has 4 aromatic heterocycles. The van der Waals surface area contributed by atoms with E-state index in [0.29, 0.717) is 16.9 Å². The summed E-state index contributed by atoms with van der Waals surface area (Å²) in [6.45, 7) is 3.89. The highest BCUT2D eigenvalue weighted by atomic mass is 19.1. The van der Waals surface area contributed by atoms with Crippen molar-refractivity contribution in [1.82, 2.24) is 24.0 Å². The van der Waals surface area contributed by atoms with Crippen molar-refractivity contribution in [2.24, 2.45) is 0 Å². The van der Waals surface area contributed by atoms with E-state index < -0.39 is 0 Å². The third kappa shape index (κ3) is 1.79. The van der Waals surface area contributed by atoms with Gasteiger partial charge in [0.2, 0.25) is 0 Å². The number of nitrogens with zero attached hydrogens (tertiary/aromatic N) is 5. The van der Waals surface area contributed by atoms with E-state index in [1.165, 1.54) is 6.07 Å². The minimum Gasteiger partial charge on any atom is -0.304 e. The summed E-state index contributed by atoms with van der Waals surface area (Å²) in [6.07, 6.45) is 6.97. The third-order valence-corrected chi connectivity index (χ3v) is 3.47. The molecule has 0 fully saturated rings. The number of hydrogen-bond acceptors (Lipinski definition) is 3. The third-order valence-electron chi connectivity index (χ3n) is 3.47. The van der Waals surface area contributed by atoms with Gasteiger partial charge in [0, 0.05) is 24.2 Å². The lowest BCUT2D eigenvalue weighted by Gasteiger charge is -2.06. The summed E-state index contributed by atoms with van der Waals surface area (Å²) >= 11 is 0. The Kier molecular flexibility index (Phi) is 2.35. The summed E-state index contributed by atoms with van der Waals surface area (Å²) in [4.78, 5) is 8.39. The maximum atomic E-state index is 14.1. The predicted octanol–water partition coefficient (Wildman–Crippen LogP) is 2.80. The van der Waals surface area contributed by atoms with Crippen molar-refractivity contribution in [3.05, 3.63) is 54.0 Å². The maximum absolute atomic E-state index is 14.1. The Bertz CT molecular complexity index is 982. The van der Waals surface area contributed by atoms with Gasteiger partial charge in [-0.3, -0.25) is 0 Å². The average molecular weight is 281 g/mol. The fourth-order valence-electron chi connectivity index (χ4n) is 2.52. The van der Waals surface area contributed by atoms with Crippen LogP contribution < -0.4 is 0 Å². The average Bonchev–Trinajstić information content (AvgIpc) is 3.04. The Hall–Kier alpha value is -2.76. The Balaban J connectivity index is 1.98. The zero-order chi connectivity index (χ0) is 14.6. The summed E-state index contributed by atoms with van der Waals surface area (Å²) in [7, 11) is 0. The van der Waals surface area contributed by atoms with Crippen LogP contribution in [-0.2, 0) is 0 Å². The molecular weight excluding hydrogens is 269 g/mol. The second kappa shape index (κ2) is 4.12. The summed E-state index contributed by atoms with van der Waals surface area (Å²) in [5, 5.41) is 4.51. The van der Waals surface area contributed by atoms with E-state index in [9.17, 15) is 4.39 Å². The molecule has 0 bridgehead atoms. The van der Waals surface area contributed by atoms with Gasteiger partial charge in [-0.15, -0.1) is 0 Å². The van der Waals surface area contributed by atoms with Crippen LogP contribution in [-0.4, -0.2) is 24.0 Å². The van der Waals surface area contributed by atoms with Crippen LogP contribution in [0.25, 0.3) is 22.6 Å². The molecule has 0 amide bonds. The first kappa shape index (κ1) is 12.0. The monoisotopic (exact) mass is 281 g/mol. The Morgan fingerprint density at radius 2 is 1.95 bits per heavy atom. The number of rotatable bonds is 1. The standard InChI is InChI=1S/C15H12FN5/c1-9-5-13(19-21-7-10(2)18-14(9)21)11-6-12(16)15-17-3-4-20(15)8-11/h3-8H,1-2H3. The molecule has 5 nitrogen and oxygen atoms in total. The SMILES string of the molecule is Cc1cn2nc(-c3cc(F)c4nccn4c3)cc(C)c2n1. The van der Waals surface area contributed by atoms with E-state index in [1.54, 1.807) is 21.3 Å². The van der Waals surface area contributed by atoms with E-state index in [1.807, 2.05) is 32.3 Å². The van der Waals surface area contributed by atoms with Crippen LogP contribution >= 0.6 is 0 Å². The van der Waals surface area contributed by atoms with Crippen molar-refractivity contribution >= 4 is 11.3 Å². The highest BCUT2D eigenvalue weighted by molar-refractivity contribution is 5.64. The first-order chi connectivity index (χ1) is 10.1. The van der Waals surface area contributed by atoms with Gasteiger partial charge in [-0.25, -0.2) is 18.9 Å². The van der Waals surface area contributed by atoms with Crippen LogP contribution in [0.5, 0.6) is 0 Å². The predicted molar refractivity (Wildman–Crippen MR) is 76.6 cm³/mol. The topological polar surface area (TPSA) is 47.5 Å². The normalized spacial score (nSPS) is 11.6. The van der Waals surface area contributed by atoms with Gasteiger partial charge >= 0.3 is 0 Å². The van der Waals surface area contributed by atoms with Gasteiger partial charge in [0.1, 0.15) is 0 Å². The number of halogens is 1. The molecule has 0 spiro atoms. The highest BCUT2D eigenvalue weighted by Crippen LogP contribution is 2.22. The largest absolute Gasteiger partial charge is 0.304 e. The first-order valence-corrected chi connectivity index (χ1v) is 6.58. The molecule has 0 radical (unpaired) electrons. The molecule has 0 unspecified atom stereocenters. The van der Waals surface area contributed by atoms with Crippen LogP contribution in [0.2, 0.25) is 0 Å². The molecule has 0 aromatic carbocycles. The van der Waals surface area contributed by atoms with Crippen molar-refractivity contribution < 1.29 is 4.39 Å². The first-order valence-electron chi connectivity index (χ1n) is 6.58. The van der Waals surface area contributed by atoms with Crippen molar-refractivity contribution in [1.29, 1.82) is 0 Å². The van der Waals surface area contributed by atoms with Crippen molar-refractivity contribution in [3.63, 3.8) is 0 Å². The Morgan fingerprint density at radius 1 is 1.10 bits per heavy atom. The number of hydrogen-bond donors (Lipinski definition) is 0. The van der Waals surface area contributed by atoms with Crippen LogP contribution in [0.4, 0.5) is 4.39 Å². The molecular formula is C15H12FN5. The maximum Gasteiger partial charge on any atom is 0.173 e. The number of pyridine rings is 1. The highest BCUT2D eigenvalue weighted by Gasteiger charge is 2.11. The summed E-state index contributed by atoms with van der Waals surface area (Å²) in [6, 6.07) is 3.37. The quantitative estimate of drug-likeness (QED) is 0.539. The summed E-state index contributed by atoms with van der Waals surface area (Å²) < 4.78 is 17.4. The van der Waals surface area contributed by atoms with Gasteiger partial charge in [-0.05, 0) is 31.5 Å².